The predicted molar refractivity (Wildman–Crippen MR) is 109 cm³/mol. The maximum absolute atomic E-state index is 12.8. The molecule has 1 N–H and O–H groups in total. The molecule has 5 nitrogen and oxygen atoms in total. The van der Waals surface area contributed by atoms with E-state index in [1.165, 1.54) is 4.90 Å². The normalized spacial score (nSPS) is 15.4. The van der Waals surface area contributed by atoms with Crippen LogP contribution in [0.3, 0.4) is 0 Å². The molecule has 0 spiro atoms. The van der Waals surface area contributed by atoms with E-state index < -0.39 is 6.03 Å². The van der Waals surface area contributed by atoms with Crippen molar-refractivity contribution >= 4 is 40.4 Å². The number of ether oxygens (including phenoxy) is 1. The highest BCUT2D eigenvalue weighted by atomic mass is 35.5. The smallest absolute Gasteiger partial charge is 0.329 e. The second-order valence-electron chi connectivity index (χ2n) is 6.41. The van der Waals surface area contributed by atoms with Crippen molar-refractivity contribution in [3.05, 3.63) is 82.5 Å². The van der Waals surface area contributed by atoms with Gasteiger partial charge in [0, 0.05) is 10.4 Å². The highest BCUT2D eigenvalue weighted by Crippen LogP contribution is 2.30. The van der Waals surface area contributed by atoms with Crippen LogP contribution in [0.5, 0.6) is 5.75 Å². The lowest BCUT2D eigenvalue weighted by Gasteiger charge is -2.11. The Bertz CT molecular complexity index is 1110. The second kappa shape index (κ2) is 7.37. The molecule has 4 rings (SSSR count). The fourth-order valence-electron chi connectivity index (χ4n) is 3.24. The number of fused-ring (bicyclic) bond motifs is 1. The van der Waals surface area contributed by atoms with Gasteiger partial charge in [-0.05, 0) is 40.8 Å². The first-order valence-corrected chi connectivity index (χ1v) is 9.09. The van der Waals surface area contributed by atoms with E-state index in [4.69, 9.17) is 16.3 Å². The van der Waals surface area contributed by atoms with Crippen molar-refractivity contribution in [2.45, 2.75) is 6.54 Å². The van der Waals surface area contributed by atoms with Gasteiger partial charge in [-0.2, -0.15) is 0 Å². The summed E-state index contributed by atoms with van der Waals surface area (Å²) in [4.78, 5) is 26.3. The van der Waals surface area contributed by atoms with Gasteiger partial charge in [0.05, 0.1) is 13.7 Å². The van der Waals surface area contributed by atoms with Crippen molar-refractivity contribution < 1.29 is 14.3 Å². The summed E-state index contributed by atoms with van der Waals surface area (Å²) >= 11 is 5.89. The Morgan fingerprint density at radius 2 is 1.71 bits per heavy atom. The quantitative estimate of drug-likeness (QED) is 0.521. The molecule has 3 aromatic carbocycles. The third kappa shape index (κ3) is 3.32. The van der Waals surface area contributed by atoms with Gasteiger partial charge in [0.2, 0.25) is 0 Å². The van der Waals surface area contributed by atoms with Crippen LogP contribution in [-0.4, -0.2) is 23.9 Å². The van der Waals surface area contributed by atoms with Gasteiger partial charge in [-0.15, -0.1) is 0 Å². The van der Waals surface area contributed by atoms with E-state index in [0.29, 0.717) is 5.02 Å². The van der Waals surface area contributed by atoms with Crippen LogP contribution in [0.25, 0.3) is 16.8 Å². The first kappa shape index (κ1) is 18.1. The number of carbonyl (C=O) groups excluding carboxylic acids is 2. The molecule has 0 unspecified atom stereocenters. The number of rotatable bonds is 4. The van der Waals surface area contributed by atoms with Gasteiger partial charge in [0.25, 0.3) is 5.91 Å². The molecule has 6 heteroatoms. The fraction of sp³-hybridized carbons (Fsp3) is 0.0909. The number of amides is 3. The highest BCUT2D eigenvalue weighted by Gasteiger charge is 2.33. The van der Waals surface area contributed by atoms with Crippen LogP contribution in [-0.2, 0) is 11.3 Å². The third-order valence-corrected chi connectivity index (χ3v) is 4.91. The molecule has 0 aromatic heterocycles. The molecule has 3 amide bonds. The van der Waals surface area contributed by atoms with Crippen molar-refractivity contribution in [1.82, 2.24) is 10.2 Å². The van der Waals surface area contributed by atoms with E-state index in [1.807, 2.05) is 36.4 Å². The third-order valence-electron chi connectivity index (χ3n) is 4.65. The molecule has 0 bridgehead atoms. The summed E-state index contributed by atoms with van der Waals surface area (Å²) in [6.45, 7) is 0.183. The first-order chi connectivity index (χ1) is 13.6. The van der Waals surface area contributed by atoms with Crippen molar-refractivity contribution in [3.63, 3.8) is 0 Å². The molecule has 28 heavy (non-hydrogen) atoms. The van der Waals surface area contributed by atoms with Crippen LogP contribution in [0, 0.1) is 0 Å². The van der Waals surface area contributed by atoms with Gasteiger partial charge >= 0.3 is 6.03 Å². The van der Waals surface area contributed by atoms with Gasteiger partial charge in [0.1, 0.15) is 11.4 Å². The Hall–Kier alpha value is -3.31. The number of urea groups is 1. The molecule has 1 aliphatic rings. The van der Waals surface area contributed by atoms with Gasteiger partial charge in [0.15, 0.2) is 0 Å². The van der Waals surface area contributed by atoms with Crippen LogP contribution < -0.4 is 10.1 Å². The predicted octanol–water partition coefficient (Wildman–Crippen LogP) is 4.59. The van der Waals surface area contributed by atoms with Crippen LogP contribution >= 0.6 is 11.6 Å². The van der Waals surface area contributed by atoms with Gasteiger partial charge in [-0.1, -0.05) is 54.1 Å². The Labute approximate surface area is 167 Å². The van der Waals surface area contributed by atoms with E-state index in [1.54, 1.807) is 37.5 Å². The zero-order chi connectivity index (χ0) is 19.7. The number of halogens is 1. The summed E-state index contributed by atoms with van der Waals surface area (Å²) < 4.78 is 5.41. The van der Waals surface area contributed by atoms with E-state index in [9.17, 15) is 9.59 Å². The van der Waals surface area contributed by atoms with Crippen molar-refractivity contribution in [2.24, 2.45) is 0 Å². The number of carbonyl (C=O) groups is 2. The molecule has 0 atom stereocenters. The molecule has 0 aliphatic carbocycles. The molecule has 3 aromatic rings. The maximum Gasteiger partial charge on any atom is 0.329 e. The average Bonchev–Trinajstić information content (AvgIpc) is 2.97. The minimum Gasteiger partial charge on any atom is -0.496 e. The van der Waals surface area contributed by atoms with Crippen molar-refractivity contribution in [3.8, 4) is 5.75 Å². The number of benzene rings is 3. The Morgan fingerprint density at radius 1 is 1.00 bits per heavy atom. The lowest BCUT2D eigenvalue weighted by molar-refractivity contribution is -0.123. The number of nitrogens with one attached hydrogen (secondary N) is 1. The molecule has 0 radical (unpaired) electrons. The van der Waals surface area contributed by atoms with Crippen LogP contribution in [0.4, 0.5) is 4.79 Å². The largest absolute Gasteiger partial charge is 0.496 e. The van der Waals surface area contributed by atoms with E-state index in [0.717, 1.165) is 27.6 Å². The standard InChI is InChI=1S/C22H17ClN2O3/c1-28-20-11-8-15(17-4-2-3-5-18(17)20)12-19-21(26)25(22(27)24-19)13-14-6-9-16(23)10-7-14/h2-12H,13H2,1H3,(H,24,27)/b19-12-. The number of imide groups is 1. The molecular weight excluding hydrogens is 376 g/mol. The molecule has 1 heterocycles. The summed E-state index contributed by atoms with van der Waals surface area (Å²) in [5.41, 5.74) is 1.90. The summed E-state index contributed by atoms with van der Waals surface area (Å²) in [6, 6.07) is 18.1. The average molecular weight is 393 g/mol. The summed E-state index contributed by atoms with van der Waals surface area (Å²) in [6.07, 6.45) is 1.70. The number of methoxy groups -OCH3 is 1. The van der Waals surface area contributed by atoms with Gasteiger partial charge < -0.3 is 10.1 Å². The van der Waals surface area contributed by atoms with E-state index >= 15 is 0 Å². The van der Waals surface area contributed by atoms with Crippen LogP contribution in [0.1, 0.15) is 11.1 Å². The molecule has 140 valence electrons. The van der Waals surface area contributed by atoms with Crippen molar-refractivity contribution in [1.29, 1.82) is 0 Å². The van der Waals surface area contributed by atoms with Crippen molar-refractivity contribution in [2.75, 3.05) is 7.11 Å². The summed E-state index contributed by atoms with van der Waals surface area (Å²) in [7, 11) is 1.62. The zero-order valence-corrected chi connectivity index (χ0v) is 15.9. The molecule has 1 saturated heterocycles. The first-order valence-electron chi connectivity index (χ1n) is 8.71. The number of hydrogen-bond acceptors (Lipinski definition) is 3. The number of nitrogens with zero attached hydrogens (tertiary/aromatic N) is 1. The fourth-order valence-corrected chi connectivity index (χ4v) is 3.37. The molecule has 1 fully saturated rings. The summed E-state index contributed by atoms with van der Waals surface area (Å²) in [5, 5.41) is 5.15. The van der Waals surface area contributed by atoms with Gasteiger partial charge in [-0.25, -0.2) is 4.79 Å². The van der Waals surface area contributed by atoms with Gasteiger partial charge in [-0.3, -0.25) is 9.69 Å². The SMILES string of the molecule is COc1ccc(/C=C2\NC(=O)N(Cc3ccc(Cl)cc3)C2=O)c2ccccc12. The molecule has 0 saturated carbocycles. The highest BCUT2D eigenvalue weighted by molar-refractivity contribution is 6.30. The monoisotopic (exact) mass is 392 g/mol. The summed E-state index contributed by atoms with van der Waals surface area (Å²) in [5.74, 6) is 0.392. The Kier molecular flexibility index (Phi) is 4.75. The molecular formula is C22H17ClN2O3. The zero-order valence-electron chi connectivity index (χ0n) is 15.1. The lowest BCUT2D eigenvalue weighted by Crippen LogP contribution is -2.30. The van der Waals surface area contributed by atoms with E-state index in [-0.39, 0.29) is 18.1 Å². The number of hydrogen-bond donors (Lipinski definition) is 1. The minimum absolute atomic E-state index is 0.183. The van der Waals surface area contributed by atoms with E-state index in [2.05, 4.69) is 5.32 Å². The molecule has 1 aliphatic heterocycles. The Balaban J connectivity index is 1.66. The Morgan fingerprint density at radius 3 is 2.43 bits per heavy atom. The maximum atomic E-state index is 12.8. The topological polar surface area (TPSA) is 58.6 Å². The second-order valence-corrected chi connectivity index (χ2v) is 6.84. The van der Waals surface area contributed by atoms with Crippen LogP contribution in [0.15, 0.2) is 66.4 Å². The lowest BCUT2D eigenvalue weighted by atomic mass is 10.0. The minimum atomic E-state index is -0.441. The van der Waals surface area contributed by atoms with Crippen LogP contribution in [0.2, 0.25) is 5.02 Å².